The van der Waals surface area contributed by atoms with Gasteiger partial charge in [0.05, 0.1) is 12.3 Å². The molecular weight excluding hydrogens is 392 g/mol. The van der Waals surface area contributed by atoms with E-state index in [0.29, 0.717) is 30.2 Å². The van der Waals surface area contributed by atoms with Gasteiger partial charge in [-0.25, -0.2) is 0 Å². The van der Waals surface area contributed by atoms with Gasteiger partial charge >= 0.3 is 0 Å². The van der Waals surface area contributed by atoms with E-state index in [1.54, 1.807) is 48.7 Å². The Labute approximate surface area is 182 Å². The van der Waals surface area contributed by atoms with Gasteiger partial charge in [-0.2, -0.15) is 0 Å². The molecule has 0 aliphatic carbocycles. The number of pyridine rings is 1. The Morgan fingerprint density at radius 1 is 0.903 bits per heavy atom. The molecule has 0 spiro atoms. The largest absolute Gasteiger partial charge is 0.494 e. The summed E-state index contributed by atoms with van der Waals surface area (Å²) in [6.07, 6.45) is 2.88. The van der Waals surface area contributed by atoms with Crippen molar-refractivity contribution >= 4 is 17.4 Å². The van der Waals surface area contributed by atoms with Gasteiger partial charge in [0.1, 0.15) is 18.1 Å². The van der Waals surface area contributed by atoms with E-state index < -0.39 is 0 Å². The number of aromatic nitrogens is 1. The van der Waals surface area contributed by atoms with Crippen LogP contribution in [0, 0.1) is 0 Å². The summed E-state index contributed by atoms with van der Waals surface area (Å²) < 4.78 is 11.2. The van der Waals surface area contributed by atoms with Crippen LogP contribution in [0.25, 0.3) is 0 Å². The Morgan fingerprint density at radius 3 is 2.48 bits per heavy atom. The molecule has 3 aromatic rings. The first-order valence-corrected chi connectivity index (χ1v) is 10.3. The van der Waals surface area contributed by atoms with Gasteiger partial charge < -0.3 is 14.8 Å². The van der Waals surface area contributed by atoms with Crippen molar-refractivity contribution in [1.82, 2.24) is 4.98 Å². The molecule has 1 N–H and O–H groups in total. The first kappa shape index (κ1) is 22.0. The fraction of sp³-hybridized carbons (Fsp3) is 0.240. The lowest BCUT2D eigenvalue weighted by molar-refractivity contribution is -0.116. The molecule has 0 saturated carbocycles. The molecule has 0 fully saturated rings. The van der Waals surface area contributed by atoms with Crippen molar-refractivity contribution < 1.29 is 19.1 Å². The van der Waals surface area contributed by atoms with E-state index in [9.17, 15) is 9.59 Å². The van der Waals surface area contributed by atoms with Gasteiger partial charge in [-0.3, -0.25) is 14.6 Å². The zero-order chi connectivity index (χ0) is 21.9. The summed E-state index contributed by atoms with van der Waals surface area (Å²) in [6.45, 7) is 3.02. The molecule has 1 amide bonds. The second-order valence-electron chi connectivity index (χ2n) is 6.98. The van der Waals surface area contributed by atoms with E-state index in [-0.39, 0.29) is 24.5 Å². The number of carbonyl (C=O) groups excluding carboxylic acids is 2. The van der Waals surface area contributed by atoms with E-state index in [1.807, 2.05) is 31.2 Å². The van der Waals surface area contributed by atoms with Crippen LogP contribution in [0.2, 0.25) is 0 Å². The highest BCUT2D eigenvalue weighted by Crippen LogP contribution is 2.19. The number of nitrogens with zero attached hydrogens (tertiary/aromatic N) is 1. The standard InChI is InChI=1S/C25H26N2O4/c1-2-16-30-22-11-9-19(10-12-22)24(28)13-14-25(29)27-20-7-5-8-23(17-20)31-18-21-6-3-4-15-26-21/h3-12,15,17H,2,13-14,16,18H2,1H3,(H,27,29). The third kappa shape index (κ3) is 7.26. The van der Waals surface area contributed by atoms with Crippen molar-refractivity contribution in [2.75, 3.05) is 11.9 Å². The number of carbonyl (C=O) groups is 2. The Kier molecular flexibility index (Phi) is 8.17. The molecule has 0 radical (unpaired) electrons. The van der Waals surface area contributed by atoms with E-state index in [1.165, 1.54) is 0 Å². The minimum atomic E-state index is -0.224. The SMILES string of the molecule is CCCOc1ccc(C(=O)CCC(=O)Nc2cccc(OCc3ccccn3)c2)cc1. The van der Waals surface area contributed by atoms with Crippen molar-refractivity contribution in [3.05, 3.63) is 84.2 Å². The lowest BCUT2D eigenvalue weighted by atomic mass is 10.1. The Hall–Kier alpha value is -3.67. The molecule has 0 atom stereocenters. The smallest absolute Gasteiger partial charge is 0.224 e. The summed E-state index contributed by atoms with van der Waals surface area (Å²) in [7, 11) is 0. The van der Waals surface area contributed by atoms with Crippen LogP contribution < -0.4 is 14.8 Å². The molecule has 160 valence electrons. The number of nitrogens with one attached hydrogen (secondary N) is 1. The van der Waals surface area contributed by atoms with Gasteiger partial charge in [-0.15, -0.1) is 0 Å². The summed E-state index contributed by atoms with van der Waals surface area (Å²) in [5.74, 6) is 1.06. The molecule has 0 bridgehead atoms. The van der Waals surface area contributed by atoms with Crippen LogP contribution in [-0.2, 0) is 11.4 Å². The average molecular weight is 418 g/mol. The van der Waals surface area contributed by atoms with Crippen LogP contribution in [0.5, 0.6) is 11.5 Å². The molecule has 0 saturated heterocycles. The summed E-state index contributed by atoms with van der Waals surface area (Å²) in [4.78, 5) is 28.8. The van der Waals surface area contributed by atoms with E-state index in [0.717, 1.165) is 17.9 Å². The van der Waals surface area contributed by atoms with Crippen molar-refractivity contribution in [2.45, 2.75) is 32.8 Å². The number of benzene rings is 2. The van der Waals surface area contributed by atoms with Crippen LogP contribution in [0.4, 0.5) is 5.69 Å². The molecule has 0 unspecified atom stereocenters. The maximum absolute atomic E-state index is 12.4. The van der Waals surface area contributed by atoms with Crippen molar-refractivity contribution in [1.29, 1.82) is 0 Å². The first-order chi connectivity index (χ1) is 15.1. The highest BCUT2D eigenvalue weighted by Gasteiger charge is 2.10. The first-order valence-electron chi connectivity index (χ1n) is 10.3. The maximum atomic E-state index is 12.4. The average Bonchev–Trinajstić information content (AvgIpc) is 2.81. The van der Waals surface area contributed by atoms with E-state index in [2.05, 4.69) is 10.3 Å². The number of amides is 1. The Morgan fingerprint density at radius 2 is 1.74 bits per heavy atom. The summed E-state index contributed by atoms with van der Waals surface area (Å²) >= 11 is 0. The molecule has 31 heavy (non-hydrogen) atoms. The molecule has 0 aliphatic rings. The van der Waals surface area contributed by atoms with Gasteiger partial charge in [0.25, 0.3) is 0 Å². The third-order valence-electron chi connectivity index (χ3n) is 4.46. The maximum Gasteiger partial charge on any atom is 0.224 e. The molecule has 1 heterocycles. The minimum Gasteiger partial charge on any atom is -0.494 e. The number of Topliss-reactive ketones (excluding diaryl/α,β-unsaturated/α-hetero) is 1. The number of hydrogen-bond acceptors (Lipinski definition) is 5. The molecule has 2 aromatic carbocycles. The monoisotopic (exact) mass is 418 g/mol. The fourth-order valence-electron chi connectivity index (χ4n) is 2.86. The molecule has 1 aromatic heterocycles. The van der Waals surface area contributed by atoms with Crippen LogP contribution >= 0.6 is 0 Å². The minimum absolute atomic E-state index is 0.0790. The predicted molar refractivity (Wildman–Crippen MR) is 119 cm³/mol. The zero-order valence-corrected chi connectivity index (χ0v) is 17.5. The number of ether oxygens (including phenoxy) is 2. The van der Waals surface area contributed by atoms with E-state index >= 15 is 0 Å². The topological polar surface area (TPSA) is 77.5 Å². The normalized spacial score (nSPS) is 10.4. The van der Waals surface area contributed by atoms with Crippen LogP contribution in [0.3, 0.4) is 0 Å². The van der Waals surface area contributed by atoms with Gasteiger partial charge in [0.2, 0.25) is 5.91 Å². The van der Waals surface area contributed by atoms with Crippen LogP contribution in [-0.4, -0.2) is 23.3 Å². The number of anilines is 1. The molecule has 6 heteroatoms. The quantitative estimate of drug-likeness (QED) is 0.441. The lowest BCUT2D eigenvalue weighted by Gasteiger charge is -2.09. The van der Waals surface area contributed by atoms with Gasteiger partial charge in [-0.05, 0) is 55.0 Å². The Bertz CT molecular complexity index is 988. The number of hydrogen-bond donors (Lipinski definition) is 1. The van der Waals surface area contributed by atoms with Gasteiger partial charge in [0.15, 0.2) is 5.78 Å². The number of ketones is 1. The van der Waals surface area contributed by atoms with Crippen LogP contribution in [0.15, 0.2) is 72.9 Å². The van der Waals surface area contributed by atoms with Gasteiger partial charge in [0, 0.05) is 36.4 Å². The Balaban J connectivity index is 1.46. The molecule has 6 nitrogen and oxygen atoms in total. The summed E-state index contributed by atoms with van der Waals surface area (Å²) in [6, 6.07) is 19.8. The number of rotatable bonds is 11. The fourth-order valence-corrected chi connectivity index (χ4v) is 2.86. The highest BCUT2D eigenvalue weighted by molar-refractivity contribution is 6.00. The lowest BCUT2D eigenvalue weighted by Crippen LogP contribution is -2.13. The second kappa shape index (κ2) is 11.5. The third-order valence-corrected chi connectivity index (χ3v) is 4.46. The van der Waals surface area contributed by atoms with Gasteiger partial charge in [-0.1, -0.05) is 19.1 Å². The second-order valence-corrected chi connectivity index (χ2v) is 6.98. The summed E-state index contributed by atoms with van der Waals surface area (Å²) in [5, 5.41) is 2.81. The highest BCUT2D eigenvalue weighted by atomic mass is 16.5. The predicted octanol–water partition coefficient (Wildman–Crippen LogP) is 5.05. The molecule has 3 rings (SSSR count). The molecule has 0 aliphatic heterocycles. The zero-order valence-electron chi connectivity index (χ0n) is 17.5. The van der Waals surface area contributed by atoms with Crippen molar-refractivity contribution in [3.63, 3.8) is 0 Å². The molecular formula is C25H26N2O4. The van der Waals surface area contributed by atoms with Crippen LogP contribution in [0.1, 0.15) is 42.2 Å². The van der Waals surface area contributed by atoms with Crippen molar-refractivity contribution in [2.24, 2.45) is 0 Å². The van der Waals surface area contributed by atoms with Crippen molar-refractivity contribution in [3.8, 4) is 11.5 Å². The van der Waals surface area contributed by atoms with E-state index in [4.69, 9.17) is 9.47 Å². The summed E-state index contributed by atoms with van der Waals surface area (Å²) in [5.41, 5.74) is 2.01.